The summed E-state index contributed by atoms with van der Waals surface area (Å²) in [5.41, 5.74) is 2.76. The van der Waals surface area contributed by atoms with Crippen LogP contribution in [0.4, 0.5) is 0 Å². The van der Waals surface area contributed by atoms with Crippen molar-refractivity contribution in [1.82, 2.24) is 15.1 Å². The maximum atomic E-state index is 13.5. The van der Waals surface area contributed by atoms with E-state index in [1.54, 1.807) is 0 Å². The number of likely N-dealkylation sites (tertiary alicyclic amines) is 1. The number of rotatable bonds is 2. The van der Waals surface area contributed by atoms with Crippen molar-refractivity contribution >= 4 is 30.7 Å². The number of amides is 1. The summed E-state index contributed by atoms with van der Waals surface area (Å²) in [7, 11) is 0. The Morgan fingerprint density at radius 3 is 2.29 bits per heavy atom. The van der Waals surface area contributed by atoms with Gasteiger partial charge in [0.25, 0.3) is 0 Å². The third kappa shape index (κ3) is 2.91. The highest BCUT2D eigenvalue weighted by atomic mass is 35.5. The van der Waals surface area contributed by atoms with Crippen LogP contribution in [0.25, 0.3) is 0 Å². The summed E-state index contributed by atoms with van der Waals surface area (Å²) in [4.78, 5) is 18.5. The lowest BCUT2D eigenvalue weighted by atomic mass is 9.75. The summed E-state index contributed by atoms with van der Waals surface area (Å²) >= 11 is 0. The van der Waals surface area contributed by atoms with Gasteiger partial charge in [0, 0.05) is 24.4 Å². The Labute approximate surface area is 180 Å². The summed E-state index contributed by atoms with van der Waals surface area (Å²) in [5.74, 6) is 3.27. The van der Waals surface area contributed by atoms with E-state index in [-0.39, 0.29) is 24.8 Å². The molecule has 154 valence electrons. The molecule has 1 aromatic carbocycles. The molecule has 0 aromatic heterocycles. The van der Waals surface area contributed by atoms with Crippen molar-refractivity contribution in [3.8, 4) is 0 Å². The first-order valence-corrected chi connectivity index (χ1v) is 10.5. The zero-order valence-electron chi connectivity index (χ0n) is 16.4. The number of aryl methyl sites for hydroxylation is 1. The number of fused-ring (bicyclic) bond motifs is 3. The maximum Gasteiger partial charge on any atom is 0.226 e. The number of piperidine rings is 4. The van der Waals surface area contributed by atoms with Crippen molar-refractivity contribution in [2.45, 2.75) is 37.8 Å². The van der Waals surface area contributed by atoms with E-state index in [1.165, 1.54) is 37.1 Å². The van der Waals surface area contributed by atoms with Gasteiger partial charge in [-0.2, -0.15) is 0 Å². The second-order valence-electron chi connectivity index (χ2n) is 9.37. The van der Waals surface area contributed by atoms with Crippen LogP contribution in [-0.2, 0) is 4.79 Å². The SMILES string of the molecule is Cc1ccc([C@@H]2CN(C(=O)C3[C@H]4CNC[C@@H]34)[C@@H]3C4CCN(CC4)[C@@H]32)cc1.Cl.Cl. The highest BCUT2D eigenvalue weighted by molar-refractivity contribution is 5.85. The fraction of sp³-hybridized carbons (Fsp3) is 0.682. The van der Waals surface area contributed by atoms with Crippen LogP contribution in [0.3, 0.4) is 0 Å². The van der Waals surface area contributed by atoms with Crippen LogP contribution in [0, 0.1) is 30.6 Å². The maximum absolute atomic E-state index is 13.5. The summed E-state index contributed by atoms with van der Waals surface area (Å²) in [6.45, 7) is 7.67. The molecule has 0 spiro atoms. The zero-order chi connectivity index (χ0) is 17.4. The number of nitrogens with zero attached hydrogens (tertiary/aromatic N) is 2. The van der Waals surface area contributed by atoms with Crippen molar-refractivity contribution < 1.29 is 4.79 Å². The number of carbonyl (C=O) groups is 1. The third-order valence-electron chi connectivity index (χ3n) is 8.16. The minimum absolute atomic E-state index is 0. The molecule has 1 N–H and O–H groups in total. The first-order chi connectivity index (χ1) is 12.7. The van der Waals surface area contributed by atoms with E-state index >= 15 is 0 Å². The molecule has 5 saturated heterocycles. The van der Waals surface area contributed by atoms with Gasteiger partial charge in [0.05, 0.1) is 6.04 Å². The Kier molecular flexibility index (Phi) is 5.45. The second-order valence-corrected chi connectivity index (χ2v) is 9.37. The molecular weight excluding hydrogens is 393 g/mol. The van der Waals surface area contributed by atoms with Gasteiger partial charge in [-0.05, 0) is 69.3 Å². The largest absolute Gasteiger partial charge is 0.337 e. The molecule has 4 nitrogen and oxygen atoms in total. The molecule has 6 atom stereocenters. The number of carbonyl (C=O) groups excluding carboxylic acids is 1. The van der Waals surface area contributed by atoms with Crippen molar-refractivity contribution in [3.63, 3.8) is 0 Å². The summed E-state index contributed by atoms with van der Waals surface area (Å²) in [6, 6.07) is 10.1. The Hall–Kier alpha value is -0.810. The minimum atomic E-state index is 0. The van der Waals surface area contributed by atoms with E-state index in [0.29, 0.717) is 41.7 Å². The molecule has 0 radical (unpaired) electrons. The molecule has 6 aliphatic rings. The van der Waals surface area contributed by atoms with Gasteiger partial charge in [-0.1, -0.05) is 29.8 Å². The van der Waals surface area contributed by atoms with Gasteiger partial charge in [-0.25, -0.2) is 0 Å². The predicted octanol–water partition coefficient (Wildman–Crippen LogP) is 2.69. The van der Waals surface area contributed by atoms with Crippen molar-refractivity contribution in [1.29, 1.82) is 0 Å². The van der Waals surface area contributed by atoms with Crippen LogP contribution in [-0.4, -0.2) is 60.5 Å². The normalized spacial score (nSPS) is 42.2. The fourth-order valence-electron chi connectivity index (χ4n) is 6.76. The van der Waals surface area contributed by atoms with Gasteiger partial charge in [0.1, 0.15) is 0 Å². The quantitative estimate of drug-likeness (QED) is 0.793. The number of hydrogen-bond donors (Lipinski definition) is 1. The summed E-state index contributed by atoms with van der Waals surface area (Å²) in [5, 5.41) is 3.44. The fourth-order valence-corrected chi connectivity index (χ4v) is 6.76. The van der Waals surface area contributed by atoms with Gasteiger partial charge in [0.15, 0.2) is 0 Å². The molecule has 6 heteroatoms. The molecule has 7 rings (SSSR count). The third-order valence-corrected chi connectivity index (χ3v) is 8.16. The Balaban J connectivity index is 0.000000961. The predicted molar refractivity (Wildman–Crippen MR) is 115 cm³/mol. The van der Waals surface area contributed by atoms with E-state index in [9.17, 15) is 4.79 Å². The van der Waals surface area contributed by atoms with Gasteiger partial charge in [-0.3, -0.25) is 9.69 Å². The molecule has 1 saturated carbocycles. The molecular formula is C22H31Cl2N3O. The Bertz CT molecular complexity index is 724. The van der Waals surface area contributed by atoms with Crippen LogP contribution in [0.5, 0.6) is 0 Å². The molecule has 1 aliphatic carbocycles. The van der Waals surface area contributed by atoms with Crippen LogP contribution in [0.15, 0.2) is 24.3 Å². The monoisotopic (exact) mass is 423 g/mol. The standard InChI is InChI=1S/C22H29N3O.2ClH/c1-13-2-4-14(5-3-13)18-12-25(22(26)19-16-10-23-11-17(16)19)20-15-6-8-24(9-7-15)21(18)20;;/h2-5,15-21,23H,6-12H2,1H3;2*1H/t16-,17+,18-,19?,20+,21+;;/m0../s1. The average Bonchev–Trinajstić information content (AvgIpc) is 3.02. The van der Waals surface area contributed by atoms with Gasteiger partial charge >= 0.3 is 0 Å². The van der Waals surface area contributed by atoms with E-state index in [2.05, 4.69) is 46.3 Å². The van der Waals surface area contributed by atoms with Gasteiger partial charge in [0.2, 0.25) is 5.91 Å². The van der Waals surface area contributed by atoms with E-state index in [0.717, 1.165) is 25.6 Å². The lowest BCUT2D eigenvalue weighted by Gasteiger charge is -2.51. The molecule has 28 heavy (non-hydrogen) atoms. The van der Waals surface area contributed by atoms with Crippen molar-refractivity contribution in [2.75, 3.05) is 32.7 Å². The lowest BCUT2D eigenvalue weighted by molar-refractivity contribution is -0.138. The van der Waals surface area contributed by atoms with Crippen LogP contribution < -0.4 is 5.32 Å². The molecule has 2 bridgehead atoms. The van der Waals surface area contributed by atoms with Crippen molar-refractivity contribution in [2.24, 2.45) is 23.7 Å². The Morgan fingerprint density at radius 2 is 1.64 bits per heavy atom. The van der Waals surface area contributed by atoms with Crippen LogP contribution in [0.2, 0.25) is 0 Å². The summed E-state index contributed by atoms with van der Waals surface area (Å²) in [6.07, 6.45) is 2.56. The first kappa shape index (κ1) is 20.5. The Morgan fingerprint density at radius 1 is 1.00 bits per heavy atom. The zero-order valence-corrected chi connectivity index (χ0v) is 18.1. The molecule has 1 amide bonds. The van der Waals surface area contributed by atoms with E-state index in [4.69, 9.17) is 0 Å². The van der Waals surface area contributed by atoms with E-state index in [1.807, 2.05) is 0 Å². The van der Waals surface area contributed by atoms with Crippen LogP contribution in [0.1, 0.15) is 29.9 Å². The van der Waals surface area contributed by atoms with Crippen LogP contribution >= 0.6 is 24.8 Å². The lowest BCUT2D eigenvalue weighted by Crippen LogP contribution is -2.61. The molecule has 1 unspecified atom stereocenters. The van der Waals surface area contributed by atoms with Crippen molar-refractivity contribution in [3.05, 3.63) is 35.4 Å². The minimum Gasteiger partial charge on any atom is -0.337 e. The smallest absolute Gasteiger partial charge is 0.226 e. The first-order valence-electron chi connectivity index (χ1n) is 10.5. The number of halogens is 2. The summed E-state index contributed by atoms with van der Waals surface area (Å²) < 4.78 is 0. The topological polar surface area (TPSA) is 35.6 Å². The molecule has 6 fully saturated rings. The number of nitrogens with one attached hydrogen (secondary N) is 1. The number of benzene rings is 1. The van der Waals surface area contributed by atoms with E-state index < -0.39 is 0 Å². The highest BCUT2D eigenvalue weighted by Gasteiger charge is 2.62. The van der Waals surface area contributed by atoms with Gasteiger partial charge in [-0.15, -0.1) is 24.8 Å². The highest BCUT2D eigenvalue weighted by Crippen LogP contribution is 2.53. The molecule has 5 aliphatic heterocycles. The van der Waals surface area contributed by atoms with Gasteiger partial charge < -0.3 is 10.2 Å². The molecule has 1 aromatic rings. The number of hydrogen-bond acceptors (Lipinski definition) is 3. The average molecular weight is 424 g/mol. The molecule has 5 heterocycles. The second kappa shape index (κ2) is 7.46.